The van der Waals surface area contributed by atoms with E-state index in [1.165, 1.54) is 0 Å². The molecule has 0 radical (unpaired) electrons. The predicted octanol–water partition coefficient (Wildman–Crippen LogP) is 1.26. The molecule has 1 N–H and O–H groups in total. The summed E-state index contributed by atoms with van der Waals surface area (Å²) in [6.45, 7) is 3.08. The maximum atomic E-state index is 12.4. The van der Waals surface area contributed by atoms with Crippen LogP contribution in [0.15, 0.2) is 11.6 Å². The normalized spacial score (nSPS) is 23.0. The van der Waals surface area contributed by atoms with Crippen LogP contribution in [0.25, 0.3) is 0 Å². The van der Waals surface area contributed by atoms with Crippen LogP contribution < -0.4 is 5.32 Å². The van der Waals surface area contributed by atoms with Gasteiger partial charge in [0.25, 0.3) is 0 Å². The molecule has 6 nitrogen and oxygen atoms in total. The van der Waals surface area contributed by atoms with Gasteiger partial charge in [-0.1, -0.05) is 0 Å². The first-order valence-corrected chi connectivity index (χ1v) is 8.32. The number of nitrogens with zero attached hydrogens (tertiary/aromatic N) is 3. The number of urea groups is 1. The number of hydrogen-bond acceptors (Lipinski definition) is 4. The van der Waals surface area contributed by atoms with E-state index in [0.717, 1.165) is 37.4 Å². The Bertz CT molecular complexity index is 505. The van der Waals surface area contributed by atoms with Gasteiger partial charge in [-0.15, -0.1) is 11.3 Å². The van der Waals surface area contributed by atoms with Gasteiger partial charge >= 0.3 is 6.03 Å². The van der Waals surface area contributed by atoms with Crippen LogP contribution in [0.5, 0.6) is 0 Å². The van der Waals surface area contributed by atoms with E-state index in [0.29, 0.717) is 19.0 Å². The van der Waals surface area contributed by atoms with Crippen molar-refractivity contribution in [3.05, 3.63) is 16.6 Å². The topological polar surface area (TPSA) is 65.5 Å². The Balaban J connectivity index is 1.58. The van der Waals surface area contributed by atoms with Crippen LogP contribution in [0.2, 0.25) is 0 Å². The van der Waals surface area contributed by atoms with Crippen LogP contribution in [-0.2, 0) is 4.79 Å². The highest BCUT2D eigenvalue weighted by Gasteiger charge is 2.28. The second kappa shape index (κ2) is 6.43. The number of aromatic nitrogens is 1. The maximum absolute atomic E-state index is 12.4. The first kappa shape index (κ1) is 14.3. The largest absolute Gasteiger partial charge is 0.340 e. The summed E-state index contributed by atoms with van der Waals surface area (Å²) in [5, 5.41) is 5.87. The van der Waals surface area contributed by atoms with Gasteiger partial charge in [-0.05, 0) is 19.3 Å². The number of amides is 3. The lowest BCUT2D eigenvalue weighted by Crippen LogP contribution is -2.51. The van der Waals surface area contributed by atoms with Crippen molar-refractivity contribution in [3.8, 4) is 0 Å². The van der Waals surface area contributed by atoms with Crippen LogP contribution in [0.4, 0.5) is 4.79 Å². The molecular formula is C14H20N4O2S. The summed E-state index contributed by atoms with van der Waals surface area (Å²) in [5.74, 6) is 0.395. The molecule has 0 aliphatic carbocycles. The predicted molar refractivity (Wildman–Crippen MR) is 80.3 cm³/mol. The van der Waals surface area contributed by atoms with Crippen LogP contribution in [-0.4, -0.2) is 59.4 Å². The van der Waals surface area contributed by atoms with Gasteiger partial charge in [0.1, 0.15) is 6.54 Å². The standard InChI is InChI=1S/C14H20N4O2S/c19-12(10-18-7-2-4-16-14(18)20)17-6-1-3-11(9-17)13-15-5-8-21-13/h5,8,11H,1-4,6-7,9-10H2,(H,16,20)/t11-/m1/s1. The molecule has 3 heterocycles. The molecule has 0 bridgehead atoms. The van der Waals surface area contributed by atoms with Crippen molar-refractivity contribution in [1.82, 2.24) is 20.1 Å². The molecule has 1 aromatic rings. The highest BCUT2D eigenvalue weighted by atomic mass is 32.1. The van der Waals surface area contributed by atoms with Gasteiger partial charge in [-0.2, -0.15) is 0 Å². The second-order valence-electron chi connectivity index (χ2n) is 5.56. The number of thiazole rings is 1. The van der Waals surface area contributed by atoms with Crippen molar-refractivity contribution in [2.75, 3.05) is 32.7 Å². The van der Waals surface area contributed by atoms with Crippen LogP contribution >= 0.6 is 11.3 Å². The maximum Gasteiger partial charge on any atom is 0.317 e. The van der Waals surface area contributed by atoms with E-state index < -0.39 is 0 Å². The number of carbonyl (C=O) groups is 2. The molecule has 0 saturated carbocycles. The zero-order valence-electron chi connectivity index (χ0n) is 12.0. The third-order valence-electron chi connectivity index (χ3n) is 4.07. The van der Waals surface area contributed by atoms with Gasteiger partial charge < -0.3 is 15.1 Å². The SMILES string of the molecule is O=C(CN1CCCNC1=O)N1CCC[C@@H](c2nccs2)C1. The van der Waals surface area contributed by atoms with Crippen molar-refractivity contribution in [3.63, 3.8) is 0 Å². The summed E-state index contributed by atoms with van der Waals surface area (Å²) < 4.78 is 0. The van der Waals surface area contributed by atoms with Gasteiger partial charge in [-0.25, -0.2) is 9.78 Å². The molecule has 1 atom stereocenters. The van der Waals surface area contributed by atoms with Crippen LogP contribution in [0, 0.1) is 0 Å². The minimum atomic E-state index is -0.122. The molecule has 3 amide bonds. The van der Waals surface area contributed by atoms with Crippen LogP contribution in [0.3, 0.4) is 0 Å². The molecule has 2 aliphatic heterocycles. The van der Waals surface area contributed by atoms with Crippen LogP contribution in [0.1, 0.15) is 30.2 Å². The van der Waals surface area contributed by atoms with Crippen molar-refractivity contribution >= 4 is 23.3 Å². The van der Waals surface area contributed by atoms with Crippen molar-refractivity contribution in [2.24, 2.45) is 0 Å². The molecule has 2 saturated heterocycles. The first-order valence-electron chi connectivity index (χ1n) is 7.44. The fourth-order valence-electron chi connectivity index (χ4n) is 2.93. The number of nitrogens with one attached hydrogen (secondary N) is 1. The molecular weight excluding hydrogens is 288 g/mol. The molecule has 21 heavy (non-hydrogen) atoms. The number of hydrogen-bond donors (Lipinski definition) is 1. The Labute approximate surface area is 128 Å². The zero-order chi connectivity index (χ0) is 14.7. The molecule has 0 unspecified atom stereocenters. The van der Waals surface area contributed by atoms with Crippen molar-refractivity contribution < 1.29 is 9.59 Å². The van der Waals surface area contributed by atoms with Gasteiger partial charge in [0.05, 0.1) is 5.01 Å². The molecule has 3 rings (SSSR count). The Morgan fingerprint density at radius 1 is 1.43 bits per heavy atom. The van der Waals surface area contributed by atoms with Gasteiger partial charge in [0.2, 0.25) is 5.91 Å². The van der Waals surface area contributed by atoms with E-state index in [4.69, 9.17) is 0 Å². The first-order chi connectivity index (χ1) is 10.2. The number of likely N-dealkylation sites (tertiary alicyclic amines) is 1. The van der Waals surface area contributed by atoms with Crippen molar-refractivity contribution in [2.45, 2.75) is 25.2 Å². The lowest BCUT2D eigenvalue weighted by Gasteiger charge is -2.34. The molecule has 1 aromatic heterocycles. The van der Waals surface area contributed by atoms with E-state index in [2.05, 4.69) is 10.3 Å². The summed E-state index contributed by atoms with van der Waals surface area (Å²) >= 11 is 1.66. The fourth-order valence-corrected chi connectivity index (χ4v) is 3.70. The third-order valence-corrected chi connectivity index (χ3v) is 5.01. The minimum Gasteiger partial charge on any atom is -0.340 e. The van der Waals surface area contributed by atoms with Gasteiger partial charge in [0.15, 0.2) is 0 Å². The Hall–Kier alpha value is -1.63. The minimum absolute atomic E-state index is 0.0494. The number of rotatable bonds is 3. The fraction of sp³-hybridized carbons (Fsp3) is 0.643. The number of piperidine rings is 1. The monoisotopic (exact) mass is 308 g/mol. The van der Waals surface area contributed by atoms with Gasteiger partial charge in [-0.3, -0.25) is 4.79 Å². The Kier molecular flexibility index (Phi) is 4.38. The average molecular weight is 308 g/mol. The molecule has 2 fully saturated rings. The summed E-state index contributed by atoms with van der Waals surface area (Å²) in [5.41, 5.74) is 0. The number of carbonyl (C=O) groups excluding carboxylic acids is 2. The lowest BCUT2D eigenvalue weighted by molar-refractivity contribution is -0.133. The Morgan fingerprint density at radius 3 is 3.10 bits per heavy atom. The highest BCUT2D eigenvalue weighted by molar-refractivity contribution is 7.09. The van der Waals surface area contributed by atoms with E-state index in [1.807, 2.05) is 16.5 Å². The smallest absolute Gasteiger partial charge is 0.317 e. The summed E-state index contributed by atoms with van der Waals surface area (Å²) in [4.78, 5) is 32.0. The third kappa shape index (κ3) is 3.34. The molecule has 2 aliphatic rings. The van der Waals surface area contributed by atoms with Crippen molar-refractivity contribution in [1.29, 1.82) is 0 Å². The quantitative estimate of drug-likeness (QED) is 0.914. The second-order valence-corrected chi connectivity index (χ2v) is 6.48. The molecule has 7 heteroatoms. The highest BCUT2D eigenvalue weighted by Crippen LogP contribution is 2.28. The molecule has 0 aromatic carbocycles. The average Bonchev–Trinajstić information content (AvgIpc) is 3.04. The molecule has 0 spiro atoms. The Morgan fingerprint density at radius 2 is 2.33 bits per heavy atom. The summed E-state index contributed by atoms with van der Waals surface area (Å²) in [6, 6.07) is -0.122. The zero-order valence-corrected chi connectivity index (χ0v) is 12.8. The van der Waals surface area contributed by atoms with Gasteiger partial charge in [0, 0.05) is 43.7 Å². The van der Waals surface area contributed by atoms with E-state index in [-0.39, 0.29) is 18.5 Å². The lowest BCUT2D eigenvalue weighted by atomic mass is 9.98. The molecule has 114 valence electrons. The van der Waals surface area contributed by atoms with E-state index >= 15 is 0 Å². The van der Waals surface area contributed by atoms with E-state index in [1.54, 1.807) is 16.2 Å². The van der Waals surface area contributed by atoms with E-state index in [9.17, 15) is 9.59 Å². The summed E-state index contributed by atoms with van der Waals surface area (Å²) in [7, 11) is 0. The summed E-state index contributed by atoms with van der Waals surface area (Å²) in [6.07, 6.45) is 4.81.